The van der Waals surface area contributed by atoms with E-state index in [4.69, 9.17) is 22.6 Å². The van der Waals surface area contributed by atoms with E-state index in [1.54, 1.807) is 24.3 Å². The van der Waals surface area contributed by atoms with E-state index in [1.165, 1.54) is 0 Å². The van der Waals surface area contributed by atoms with Gasteiger partial charge in [0.2, 0.25) is 0 Å². The number of hydrogen-bond donors (Lipinski definition) is 1. The summed E-state index contributed by atoms with van der Waals surface area (Å²) < 4.78 is 23.1. The average Bonchev–Trinajstić information content (AvgIpc) is 2.87. The zero-order chi connectivity index (χ0) is 12.8. The van der Waals surface area contributed by atoms with Gasteiger partial charge in [-0.25, -0.2) is 8.42 Å². The zero-order valence-electron chi connectivity index (χ0n) is 9.09. The standard InChI is InChI=1S/C11H11ClN2O2S/c1-17(15,16)10-9(11(10,14)6-13)7-2-4-8(12)5-3-7/h2-5,9-10H,14H2,1H3/t9-,10-,11-/m1/s1. The van der Waals surface area contributed by atoms with Crippen LogP contribution in [0.2, 0.25) is 5.02 Å². The van der Waals surface area contributed by atoms with Crippen LogP contribution in [0, 0.1) is 11.3 Å². The second-order valence-corrected chi connectivity index (χ2v) is 6.93. The van der Waals surface area contributed by atoms with Crippen molar-refractivity contribution in [3.63, 3.8) is 0 Å². The van der Waals surface area contributed by atoms with Crippen LogP contribution in [0.1, 0.15) is 11.5 Å². The predicted octanol–water partition coefficient (Wildman–Crippen LogP) is 1.07. The van der Waals surface area contributed by atoms with Gasteiger partial charge < -0.3 is 5.73 Å². The number of sulfone groups is 1. The molecule has 0 unspecified atom stereocenters. The first kappa shape index (κ1) is 12.4. The lowest BCUT2D eigenvalue weighted by Crippen LogP contribution is -2.28. The molecule has 2 rings (SSSR count). The fraction of sp³-hybridized carbons (Fsp3) is 0.364. The maximum atomic E-state index is 11.6. The van der Waals surface area contributed by atoms with Gasteiger partial charge in [-0.3, -0.25) is 0 Å². The summed E-state index contributed by atoms with van der Waals surface area (Å²) in [6.45, 7) is 0. The summed E-state index contributed by atoms with van der Waals surface area (Å²) in [4.78, 5) is 0. The molecule has 2 N–H and O–H groups in total. The van der Waals surface area contributed by atoms with Gasteiger partial charge in [0, 0.05) is 17.2 Å². The third-order valence-corrected chi connectivity index (χ3v) is 4.90. The number of hydrogen-bond acceptors (Lipinski definition) is 4. The largest absolute Gasteiger partial charge is 0.312 e. The predicted molar refractivity (Wildman–Crippen MR) is 65.4 cm³/mol. The monoisotopic (exact) mass is 270 g/mol. The van der Waals surface area contributed by atoms with Gasteiger partial charge >= 0.3 is 0 Å². The molecule has 0 amide bonds. The highest BCUT2D eigenvalue weighted by Crippen LogP contribution is 2.53. The van der Waals surface area contributed by atoms with Crippen LogP contribution in [-0.4, -0.2) is 25.5 Å². The molecule has 90 valence electrons. The summed E-state index contributed by atoms with van der Waals surface area (Å²) in [5.74, 6) is -0.472. The van der Waals surface area contributed by atoms with E-state index in [1.807, 2.05) is 6.07 Å². The molecule has 1 fully saturated rings. The molecule has 1 aromatic rings. The van der Waals surface area contributed by atoms with Gasteiger partial charge in [0.25, 0.3) is 0 Å². The molecule has 1 aromatic carbocycles. The van der Waals surface area contributed by atoms with Crippen LogP contribution < -0.4 is 5.73 Å². The lowest BCUT2D eigenvalue weighted by Gasteiger charge is -2.00. The van der Waals surface area contributed by atoms with Crippen molar-refractivity contribution in [2.45, 2.75) is 16.7 Å². The second kappa shape index (κ2) is 3.70. The Morgan fingerprint density at radius 2 is 1.94 bits per heavy atom. The molecule has 0 spiro atoms. The van der Waals surface area contributed by atoms with Gasteiger partial charge in [0.1, 0.15) is 10.8 Å². The topological polar surface area (TPSA) is 83.9 Å². The van der Waals surface area contributed by atoms with Crippen LogP contribution in [0.5, 0.6) is 0 Å². The van der Waals surface area contributed by atoms with Gasteiger partial charge in [0.05, 0.1) is 6.07 Å². The minimum absolute atomic E-state index is 0.472. The number of rotatable bonds is 2. The van der Waals surface area contributed by atoms with Crippen LogP contribution in [0.4, 0.5) is 0 Å². The molecule has 1 saturated carbocycles. The van der Waals surface area contributed by atoms with E-state index in [0.717, 1.165) is 11.8 Å². The fourth-order valence-corrected chi connectivity index (χ4v) is 4.06. The van der Waals surface area contributed by atoms with E-state index in [0.29, 0.717) is 5.02 Å². The average molecular weight is 271 g/mol. The van der Waals surface area contributed by atoms with Gasteiger partial charge in [-0.05, 0) is 17.7 Å². The van der Waals surface area contributed by atoms with Crippen molar-refractivity contribution >= 4 is 21.4 Å². The molecule has 1 aliphatic carbocycles. The lowest BCUT2D eigenvalue weighted by atomic mass is 10.1. The lowest BCUT2D eigenvalue weighted by molar-refractivity contribution is 0.597. The molecule has 0 saturated heterocycles. The molecule has 0 aliphatic heterocycles. The Balaban J connectivity index is 2.42. The van der Waals surface area contributed by atoms with Gasteiger partial charge in [0.15, 0.2) is 9.84 Å². The summed E-state index contributed by atoms with van der Waals surface area (Å²) >= 11 is 5.75. The van der Waals surface area contributed by atoms with Crippen LogP contribution in [0.3, 0.4) is 0 Å². The maximum Gasteiger partial charge on any atom is 0.153 e. The van der Waals surface area contributed by atoms with E-state index in [-0.39, 0.29) is 0 Å². The summed E-state index contributed by atoms with van der Waals surface area (Å²) in [6, 6.07) is 8.63. The molecule has 0 radical (unpaired) electrons. The van der Waals surface area contributed by atoms with Crippen molar-refractivity contribution < 1.29 is 8.42 Å². The number of nitrogens with zero attached hydrogens (tertiary/aromatic N) is 1. The smallest absolute Gasteiger partial charge is 0.153 e. The van der Waals surface area contributed by atoms with Crippen molar-refractivity contribution in [3.8, 4) is 6.07 Å². The second-order valence-electron chi connectivity index (χ2n) is 4.32. The SMILES string of the molecule is CS(=O)(=O)[C@@H]1[C@@H](c2ccc(Cl)cc2)[C@]1(N)C#N. The van der Waals surface area contributed by atoms with Crippen molar-refractivity contribution in [3.05, 3.63) is 34.9 Å². The minimum atomic E-state index is -3.34. The van der Waals surface area contributed by atoms with Crippen LogP contribution in [-0.2, 0) is 9.84 Å². The molecular formula is C11H11ClN2O2S. The maximum absolute atomic E-state index is 11.6. The number of nitrogens with two attached hydrogens (primary N) is 1. The third-order valence-electron chi connectivity index (χ3n) is 3.06. The van der Waals surface area contributed by atoms with Gasteiger partial charge in [-0.1, -0.05) is 23.7 Å². The van der Waals surface area contributed by atoms with Crippen LogP contribution in [0.25, 0.3) is 0 Å². The Labute approximate surface area is 105 Å². The van der Waals surface area contributed by atoms with E-state index in [2.05, 4.69) is 0 Å². The Morgan fingerprint density at radius 1 is 1.41 bits per heavy atom. The van der Waals surface area contributed by atoms with Crippen molar-refractivity contribution in [2.75, 3.05) is 6.26 Å². The molecule has 1 aliphatic rings. The molecular weight excluding hydrogens is 260 g/mol. The molecule has 17 heavy (non-hydrogen) atoms. The minimum Gasteiger partial charge on any atom is -0.312 e. The first-order valence-corrected chi connectivity index (χ1v) is 7.28. The normalized spacial score (nSPS) is 31.9. The molecule has 4 nitrogen and oxygen atoms in total. The molecule has 6 heteroatoms. The highest BCUT2D eigenvalue weighted by Gasteiger charge is 2.69. The van der Waals surface area contributed by atoms with E-state index < -0.39 is 26.5 Å². The zero-order valence-corrected chi connectivity index (χ0v) is 10.7. The quantitative estimate of drug-likeness (QED) is 0.871. The first-order valence-electron chi connectivity index (χ1n) is 4.95. The Hall–Kier alpha value is -1.09. The highest BCUT2D eigenvalue weighted by molar-refractivity contribution is 7.91. The van der Waals surface area contributed by atoms with Crippen molar-refractivity contribution in [1.29, 1.82) is 5.26 Å². The Morgan fingerprint density at radius 3 is 2.29 bits per heavy atom. The van der Waals surface area contributed by atoms with Crippen molar-refractivity contribution in [1.82, 2.24) is 0 Å². The highest BCUT2D eigenvalue weighted by atomic mass is 35.5. The number of nitriles is 1. The Bertz CT molecular complexity index is 591. The summed E-state index contributed by atoms with van der Waals surface area (Å²) in [5, 5.41) is 8.75. The molecule has 0 heterocycles. The summed E-state index contributed by atoms with van der Waals surface area (Å²) in [5.41, 5.74) is 5.23. The third kappa shape index (κ3) is 1.93. The van der Waals surface area contributed by atoms with Crippen molar-refractivity contribution in [2.24, 2.45) is 5.73 Å². The first-order chi connectivity index (χ1) is 7.80. The van der Waals surface area contributed by atoms with Gasteiger partial charge in [-0.2, -0.15) is 5.26 Å². The van der Waals surface area contributed by atoms with Gasteiger partial charge in [-0.15, -0.1) is 0 Å². The number of benzene rings is 1. The van der Waals surface area contributed by atoms with E-state index in [9.17, 15) is 8.42 Å². The fourth-order valence-electron chi connectivity index (χ4n) is 2.23. The van der Waals surface area contributed by atoms with Crippen LogP contribution >= 0.6 is 11.6 Å². The Kier molecular flexibility index (Phi) is 2.69. The van der Waals surface area contributed by atoms with Crippen LogP contribution in [0.15, 0.2) is 24.3 Å². The number of halogens is 1. The summed E-state index contributed by atoms with van der Waals surface area (Å²) in [7, 11) is -3.34. The molecule has 0 aromatic heterocycles. The molecule has 3 atom stereocenters. The molecule has 0 bridgehead atoms. The van der Waals surface area contributed by atoms with E-state index >= 15 is 0 Å². The summed E-state index contributed by atoms with van der Waals surface area (Å²) in [6.07, 6.45) is 1.10.